The van der Waals surface area contributed by atoms with E-state index in [4.69, 9.17) is 20.8 Å². The second kappa shape index (κ2) is 7.86. The highest BCUT2D eigenvalue weighted by atomic mass is 35.5. The molecule has 1 saturated heterocycles. The highest BCUT2D eigenvalue weighted by Crippen LogP contribution is 2.31. The van der Waals surface area contributed by atoms with E-state index in [0.717, 1.165) is 0 Å². The molecular formula is C17H19ClN2O6S2. The predicted octanol–water partition coefficient (Wildman–Crippen LogP) is 2.54. The van der Waals surface area contributed by atoms with Gasteiger partial charge in [-0.15, -0.1) is 11.3 Å². The Labute approximate surface area is 171 Å². The molecule has 1 fully saturated rings. The van der Waals surface area contributed by atoms with Crippen LogP contribution in [-0.2, 0) is 14.8 Å². The van der Waals surface area contributed by atoms with Gasteiger partial charge in [0, 0.05) is 26.2 Å². The number of hydrogen-bond acceptors (Lipinski definition) is 7. The number of esters is 1. The van der Waals surface area contributed by atoms with Crippen LogP contribution < -0.4 is 0 Å². The highest BCUT2D eigenvalue weighted by Gasteiger charge is 2.37. The van der Waals surface area contributed by atoms with Crippen molar-refractivity contribution in [2.24, 2.45) is 0 Å². The van der Waals surface area contributed by atoms with Gasteiger partial charge in [-0.05, 0) is 26.0 Å². The number of hydrogen-bond donors (Lipinski definition) is 0. The Hall–Kier alpha value is -1.88. The molecule has 0 N–H and O–H groups in total. The number of rotatable bonds is 4. The fraction of sp³-hybridized carbons (Fsp3) is 0.412. The number of halogens is 1. The third kappa shape index (κ3) is 3.69. The molecule has 3 heterocycles. The van der Waals surface area contributed by atoms with E-state index in [-0.39, 0.29) is 54.1 Å². The molecule has 1 amide bonds. The summed E-state index contributed by atoms with van der Waals surface area (Å²) in [6.45, 7) is 3.69. The van der Waals surface area contributed by atoms with Crippen molar-refractivity contribution in [1.29, 1.82) is 0 Å². The summed E-state index contributed by atoms with van der Waals surface area (Å²) in [4.78, 5) is 26.5. The maximum Gasteiger partial charge on any atom is 0.342 e. The summed E-state index contributed by atoms with van der Waals surface area (Å²) < 4.78 is 38.2. The molecule has 0 unspecified atom stereocenters. The molecule has 152 valence electrons. The minimum atomic E-state index is -3.99. The second-order valence-corrected chi connectivity index (χ2v) is 9.80. The van der Waals surface area contributed by atoms with Crippen molar-refractivity contribution < 1.29 is 27.2 Å². The maximum atomic E-state index is 13.2. The molecule has 0 saturated carbocycles. The van der Waals surface area contributed by atoms with Gasteiger partial charge >= 0.3 is 5.97 Å². The van der Waals surface area contributed by atoms with Gasteiger partial charge < -0.3 is 14.1 Å². The number of carbonyl (C=O) groups excluding carboxylic acids is 2. The van der Waals surface area contributed by atoms with Crippen molar-refractivity contribution in [3.05, 3.63) is 38.4 Å². The molecule has 0 radical (unpaired) electrons. The van der Waals surface area contributed by atoms with Crippen molar-refractivity contribution in [3.63, 3.8) is 0 Å². The van der Waals surface area contributed by atoms with Gasteiger partial charge in [0.1, 0.15) is 22.0 Å². The van der Waals surface area contributed by atoms with Crippen LogP contribution >= 0.6 is 22.9 Å². The van der Waals surface area contributed by atoms with E-state index in [0.29, 0.717) is 9.21 Å². The zero-order chi connectivity index (χ0) is 20.6. The largest absolute Gasteiger partial charge is 0.465 e. The molecule has 2 aromatic heterocycles. The summed E-state index contributed by atoms with van der Waals surface area (Å²) in [5.74, 6) is -0.633. The number of carbonyl (C=O) groups is 2. The molecule has 2 aromatic rings. The number of methoxy groups -OCH3 is 1. The minimum absolute atomic E-state index is 0.0910. The Balaban J connectivity index is 1.81. The first-order chi connectivity index (χ1) is 13.2. The summed E-state index contributed by atoms with van der Waals surface area (Å²) in [6.07, 6.45) is 0. The fourth-order valence-electron chi connectivity index (χ4n) is 3.16. The Morgan fingerprint density at radius 3 is 2.32 bits per heavy atom. The lowest BCUT2D eigenvalue weighted by molar-refractivity contribution is 0.0594. The van der Waals surface area contributed by atoms with Crippen LogP contribution in [0.1, 0.15) is 31.6 Å². The fourth-order valence-corrected chi connectivity index (χ4v) is 5.96. The van der Waals surface area contributed by atoms with Crippen LogP contribution in [-0.4, -0.2) is 62.8 Å². The molecular weight excluding hydrogens is 428 g/mol. The zero-order valence-corrected chi connectivity index (χ0v) is 17.9. The Morgan fingerprint density at radius 1 is 1.14 bits per heavy atom. The van der Waals surface area contributed by atoms with Crippen LogP contribution in [0.25, 0.3) is 0 Å². The SMILES string of the molecule is COC(=O)c1c(C)oc(C)c1S(=O)(=O)N1CCN(C(=O)c2ccc(Cl)s2)CC1. The summed E-state index contributed by atoms with van der Waals surface area (Å²) in [7, 11) is -2.80. The van der Waals surface area contributed by atoms with Gasteiger partial charge in [-0.25, -0.2) is 13.2 Å². The van der Waals surface area contributed by atoms with Crippen LogP contribution in [0.4, 0.5) is 0 Å². The Kier molecular flexibility index (Phi) is 5.85. The number of furan rings is 1. The van der Waals surface area contributed by atoms with Gasteiger partial charge in [0.25, 0.3) is 5.91 Å². The molecule has 28 heavy (non-hydrogen) atoms. The molecule has 1 aliphatic heterocycles. The summed E-state index contributed by atoms with van der Waals surface area (Å²) in [5.41, 5.74) is -0.0910. The summed E-state index contributed by atoms with van der Waals surface area (Å²) in [6, 6.07) is 3.30. The first kappa shape index (κ1) is 20.8. The topological polar surface area (TPSA) is 97.1 Å². The quantitative estimate of drug-likeness (QED) is 0.669. The van der Waals surface area contributed by atoms with Crippen LogP contribution in [0, 0.1) is 13.8 Å². The van der Waals surface area contributed by atoms with E-state index < -0.39 is 16.0 Å². The van der Waals surface area contributed by atoms with Crippen LogP contribution in [0.3, 0.4) is 0 Å². The van der Waals surface area contributed by atoms with Crippen LogP contribution in [0.15, 0.2) is 21.4 Å². The van der Waals surface area contributed by atoms with E-state index in [1.807, 2.05) is 0 Å². The second-order valence-electron chi connectivity index (χ2n) is 6.21. The summed E-state index contributed by atoms with van der Waals surface area (Å²) >= 11 is 7.06. The maximum absolute atomic E-state index is 13.2. The van der Waals surface area contributed by atoms with E-state index in [2.05, 4.69) is 0 Å². The lowest BCUT2D eigenvalue weighted by Gasteiger charge is -2.33. The van der Waals surface area contributed by atoms with E-state index >= 15 is 0 Å². The standard InChI is InChI=1S/C17H19ClN2O6S2/c1-10-14(17(22)25-3)15(11(2)26-10)28(23,24)20-8-6-19(7-9-20)16(21)12-4-5-13(18)27-12/h4-5H,6-9H2,1-3H3. The molecule has 3 rings (SSSR count). The molecule has 0 spiro atoms. The van der Waals surface area contributed by atoms with Crippen molar-refractivity contribution in [1.82, 2.24) is 9.21 Å². The molecule has 1 aliphatic rings. The normalized spacial score (nSPS) is 15.6. The lowest BCUT2D eigenvalue weighted by atomic mass is 10.2. The zero-order valence-electron chi connectivity index (χ0n) is 15.5. The van der Waals surface area contributed by atoms with E-state index in [1.54, 1.807) is 17.0 Å². The highest BCUT2D eigenvalue weighted by molar-refractivity contribution is 7.89. The smallest absolute Gasteiger partial charge is 0.342 e. The molecule has 0 aliphatic carbocycles. The number of sulfonamides is 1. The van der Waals surface area contributed by atoms with Gasteiger partial charge in [-0.3, -0.25) is 4.79 Å². The lowest BCUT2D eigenvalue weighted by Crippen LogP contribution is -2.50. The van der Waals surface area contributed by atoms with Crippen molar-refractivity contribution in [2.45, 2.75) is 18.7 Å². The Bertz CT molecular complexity index is 1020. The average Bonchev–Trinajstić information content (AvgIpc) is 3.23. The Morgan fingerprint density at radius 2 is 1.79 bits per heavy atom. The van der Waals surface area contributed by atoms with Gasteiger partial charge in [-0.2, -0.15) is 4.31 Å². The van der Waals surface area contributed by atoms with Gasteiger partial charge in [-0.1, -0.05) is 11.6 Å². The number of aryl methyl sites for hydroxylation is 2. The molecule has 11 heteroatoms. The minimum Gasteiger partial charge on any atom is -0.465 e. The van der Waals surface area contributed by atoms with Crippen molar-refractivity contribution in [2.75, 3.05) is 33.3 Å². The third-order valence-electron chi connectivity index (χ3n) is 4.50. The number of nitrogens with zero attached hydrogens (tertiary/aromatic N) is 2. The molecule has 0 bridgehead atoms. The van der Waals surface area contributed by atoms with Gasteiger partial charge in [0.15, 0.2) is 0 Å². The third-order valence-corrected chi connectivity index (χ3v) is 7.77. The number of ether oxygens (including phenoxy) is 1. The number of thiophene rings is 1. The monoisotopic (exact) mass is 446 g/mol. The van der Waals surface area contributed by atoms with E-state index in [1.165, 1.54) is 36.6 Å². The predicted molar refractivity (Wildman–Crippen MR) is 104 cm³/mol. The van der Waals surface area contributed by atoms with E-state index in [9.17, 15) is 18.0 Å². The summed E-state index contributed by atoms with van der Waals surface area (Å²) in [5, 5.41) is 0. The average molecular weight is 447 g/mol. The first-order valence-electron chi connectivity index (χ1n) is 8.40. The number of piperazine rings is 1. The van der Waals surface area contributed by atoms with Crippen LogP contribution in [0.5, 0.6) is 0 Å². The van der Waals surface area contributed by atoms with Gasteiger partial charge in [0.05, 0.1) is 16.3 Å². The first-order valence-corrected chi connectivity index (χ1v) is 11.0. The molecule has 8 nitrogen and oxygen atoms in total. The van der Waals surface area contributed by atoms with Gasteiger partial charge in [0.2, 0.25) is 10.0 Å². The van der Waals surface area contributed by atoms with Crippen molar-refractivity contribution >= 4 is 44.8 Å². The van der Waals surface area contributed by atoms with Crippen LogP contribution in [0.2, 0.25) is 4.34 Å². The molecule has 0 aromatic carbocycles. The van der Waals surface area contributed by atoms with Crippen molar-refractivity contribution in [3.8, 4) is 0 Å². The number of amides is 1. The molecule has 0 atom stereocenters.